The lowest BCUT2D eigenvalue weighted by Gasteiger charge is -2.30. The summed E-state index contributed by atoms with van der Waals surface area (Å²) in [4.78, 5) is 3.47. The third kappa shape index (κ3) is 3.76. The van der Waals surface area contributed by atoms with Crippen LogP contribution in [0, 0.1) is 5.92 Å². The monoisotopic (exact) mass is 338 g/mol. The smallest absolute Gasteiger partial charge is 0.384 e. The molecule has 5 nitrogen and oxygen atoms in total. The molecule has 0 bridgehead atoms. The van der Waals surface area contributed by atoms with Gasteiger partial charge in [0.05, 0.1) is 5.56 Å². The van der Waals surface area contributed by atoms with Crippen LogP contribution in [0.5, 0.6) is 0 Å². The van der Waals surface area contributed by atoms with Crippen LogP contribution in [0.4, 0.5) is 13.2 Å². The van der Waals surface area contributed by atoms with E-state index in [1.165, 1.54) is 4.31 Å². The molecule has 22 heavy (non-hydrogen) atoms. The summed E-state index contributed by atoms with van der Waals surface area (Å²) in [6.45, 7) is 1.21. The average molecular weight is 338 g/mol. The van der Waals surface area contributed by atoms with E-state index in [1.807, 2.05) is 0 Å². The molecule has 0 N–H and O–H groups in total. The number of rotatable bonds is 4. The highest BCUT2D eigenvalue weighted by Crippen LogP contribution is 2.29. The number of aromatic nitrogens is 1. The fourth-order valence-corrected chi connectivity index (χ4v) is 3.77. The lowest BCUT2D eigenvalue weighted by atomic mass is 9.99. The van der Waals surface area contributed by atoms with Gasteiger partial charge in [-0.15, -0.1) is 0 Å². The molecule has 1 saturated heterocycles. The molecule has 1 aromatic heterocycles. The molecule has 0 aromatic carbocycles. The number of sulfonamides is 1. The Kier molecular flexibility index (Phi) is 5.08. The maximum Gasteiger partial charge on any atom is 0.417 e. The molecular weight excluding hydrogens is 321 g/mol. The van der Waals surface area contributed by atoms with E-state index < -0.39 is 21.8 Å². The Morgan fingerprint density at radius 2 is 1.95 bits per heavy atom. The van der Waals surface area contributed by atoms with Gasteiger partial charge in [0, 0.05) is 33.0 Å². The summed E-state index contributed by atoms with van der Waals surface area (Å²) in [7, 11) is -2.26. The van der Waals surface area contributed by atoms with Gasteiger partial charge in [0.15, 0.2) is 5.03 Å². The SMILES string of the molecule is COCC1CCN(S(=O)(=O)c2ccc(C(F)(F)F)cn2)CC1. The standard InChI is InChI=1S/C13H17F3N2O3S/c1-21-9-10-4-6-18(7-5-10)22(19,20)12-3-2-11(8-17-12)13(14,15)16/h2-3,8,10H,4-7,9H2,1H3. The minimum atomic E-state index is -4.53. The predicted molar refractivity (Wildman–Crippen MR) is 72.6 cm³/mol. The van der Waals surface area contributed by atoms with Crippen LogP contribution >= 0.6 is 0 Å². The first-order valence-electron chi connectivity index (χ1n) is 6.77. The second-order valence-corrected chi connectivity index (χ2v) is 7.07. The Bertz CT molecular complexity index is 594. The third-order valence-corrected chi connectivity index (χ3v) is 5.46. The molecule has 0 spiro atoms. The summed E-state index contributed by atoms with van der Waals surface area (Å²) >= 11 is 0. The first kappa shape index (κ1) is 17.2. The van der Waals surface area contributed by atoms with Crippen molar-refractivity contribution in [3.8, 4) is 0 Å². The van der Waals surface area contributed by atoms with Gasteiger partial charge in [0.25, 0.3) is 10.0 Å². The summed E-state index contributed by atoms with van der Waals surface area (Å²) in [6, 6.07) is 1.64. The number of nitrogens with zero attached hydrogens (tertiary/aromatic N) is 2. The number of methoxy groups -OCH3 is 1. The number of pyridine rings is 1. The Balaban J connectivity index is 2.11. The van der Waals surface area contributed by atoms with Gasteiger partial charge in [-0.3, -0.25) is 0 Å². The van der Waals surface area contributed by atoms with Gasteiger partial charge < -0.3 is 4.74 Å². The molecule has 1 aromatic rings. The number of alkyl halides is 3. The van der Waals surface area contributed by atoms with E-state index in [9.17, 15) is 21.6 Å². The van der Waals surface area contributed by atoms with Crippen molar-refractivity contribution in [2.24, 2.45) is 5.92 Å². The van der Waals surface area contributed by atoms with Crippen LogP contribution < -0.4 is 0 Å². The first-order chi connectivity index (χ1) is 10.2. The second-order valence-electron chi connectivity index (χ2n) is 5.19. The van der Waals surface area contributed by atoms with Crippen molar-refractivity contribution in [1.29, 1.82) is 0 Å². The van der Waals surface area contributed by atoms with Crippen molar-refractivity contribution in [1.82, 2.24) is 9.29 Å². The van der Waals surface area contributed by atoms with Crippen LogP contribution in [0.2, 0.25) is 0 Å². The van der Waals surface area contributed by atoms with Crippen molar-refractivity contribution < 1.29 is 26.3 Å². The molecule has 1 aliphatic rings. The Labute approximate surface area is 127 Å². The van der Waals surface area contributed by atoms with Crippen molar-refractivity contribution in [3.63, 3.8) is 0 Å². The van der Waals surface area contributed by atoms with E-state index in [-0.39, 0.29) is 5.03 Å². The summed E-state index contributed by atoms with van der Waals surface area (Å²) in [5.74, 6) is 0.303. The molecule has 0 aliphatic carbocycles. The fraction of sp³-hybridized carbons (Fsp3) is 0.615. The number of ether oxygens (including phenoxy) is 1. The number of piperidine rings is 1. The van der Waals surface area contributed by atoms with Crippen LogP contribution in [0.25, 0.3) is 0 Å². The van der Waals surface area contributed by atoms with Gasteiger partial charge in [-0.05, 0) is 30.9 Å². The van der Waals surface area contributed by atoms with Crippen molar-refractivity contribution in [2.45, 2.75) is 24.0 Å². The zero-order valence-electron chi connectivity index (χ0n) is 12.0. The van der Waals surface area contributed by atoms with Gasteiger partial charge in [-0.25, -0.2) is 13.4 Å². The zero-order chi connectivity index (χ0) is 16.4. The molecule has 0 atom stereocenters. The van der Waals surface area contributed by atoms with E-state index in [0.717, 1.165) is 12.1 Å². The number of halogens is 3. The molecule has 0 saturated carbocycles. The summed E-state index contributed by atoms with van der Waals surface area (Å²) in [5.41, 5.74) is -0.967. The van der Waals surface area contributed by atoms with Crippen molar-refractivity contribution in [2.75, 3.05) is 26.8 Å². The average Bonchev–Trinajstić information content (AvgIpc) is 2.47. The van der Waals surface area contributed by atoms with E-state index in [0.29, 0.717) is 44.7 Å². The summed E-state index contributed by atoms with van der Waals surface area (Å²) in [6.07, 6.45) is -2.67. The largest absolute Gasteiger partial charge is 0.417 e. The lowest BCUT2D eigenvalue weighted by molar-refractivity contribution is -0.137. The maximum absolute atomic E-state index is 12.5. The Morgan fingerprint density at radius 1 is 1.32 bits per heavy atom. The third-order valence-electron chi connectivity index (χ3n) is 3.64. The molecule has 1 aliphatic heterocycles. The maximum atomic E-state index is 12.5. The highest BCUT2D eigenvalue weighted by atomic mass is 32.2. The molecule has 0 radical (unpaired) electrons. The highest BCUT2D eigenvalue weighted by molar-refractivity contribution is 7.89. The van der Waals surface area contributed by atoms with Crippen LogP contribution in [0.3, 0.4) is 0 Å². The van der Waals surface area contributed by atoms with Gasteiger partial charge in [-0.1, -0.05) is 0 Å². The molecule has 1 fully saturated rings. The van der Waals surface area contributed by atoms with Gasteiger partial charge in [0.1, 0.15) is 0 Å². The van der Waals surface area contributed by atoms with E-state index in [2.05, 4.69) is 4.98 Å². The molecule has 0 amide bonds. The molecule has 124 valence electrons. The van der Waals surface area contributed by atoms with Gasteiger partial charge in [-0.2, -0.15) is 17.5 Å². The fourth-order valence-electron chi connectivity index (χ4n) is 2.38. The summed E-state index contributed by atoms with van der Waals surface area (Å²) in [5, 5.41) is -0.356. The molecule has 9 heteroatoms. The van der Waals surface area contributed by atoms with Gasteiger partial charge in [0.2, 0.25) is 0 Å². The van der Waals surface area contributed by atoms with Crippen LogP contribution in [0.1, 0.15) is 18.4 Å². The highest BCUT2D eigenvalue weighted by Gasteiger charge is 2.33. The molecule has 2 heterocycles. The van der Waals surface area contributed by atoms with E-state index >= 15 is 0 Å². The molecular formula is C13H17F3N2O3S. The number of hydrogen-bond acceptors (Lipinski definition) is 4. The number of hydrogen-bond donors (Lipinski definition) is 0. The normalized spacial score (nSPS) is 18.5. The van der Waals surface area contributed by atoms with Crippen LogP contribution in [0.15, 0.2) is 23.4 Å². The van der Waals surface area contributed by atoms with E-state index in [1.54, 1.807) is 7.11 Å². The Hall–Kier alpha value is -1.19. The van der Waals surface area contributed by atoms with Crippen LogP contribution in [-0.4, -0.2) is 44.5 Å². The Morgan fingerprint density at radius 3 is 2.41 bits per heavy atom. The second kappa shape index (κ2) is 6.51. The predicted octanol–water partition coefficient (Wildman–Crippen LogP) is 2.15. The van der Waals surface area contributed by atoms with Crippen molar-refractivity contribution >= 4 is 10.0 Å². The molecule has 2 rings (SSSR count). The summed E-state index contributed by atoms with van der Waals surface area (Å²) < 4.78 is 68.5. The topological polar surface area (TPSA) is 59.5 Å². The lowest BCUT2D eigenvalue weighted by Crippen LogP contribution is -2.39. The van der Waals surface area contributed by atoms with Gasteiger partial charge >= 0.3 is 6.18 Å². The minimum Gasteiger partial charge on any atom is -0.384 e. The first-order valence-corrected chi connectivity index (χ1v) is 8.21. The zero-order valence-corrected chi connectivity index (χ0v) is 12.8. The van der Waals surface area contributed by atoms with Crippen LogP contribution in [-0.2, 0) is 20.9 Å². The van der Waals surface area contributed by atoms with Crippen molar-refractivity contribution in [3.05, 3.63) is 23.9 Å². The van der Waals surface area contributed by atoms with E-state index in [4.69, 9.17) is 4.74 Å². The molecule has 0 unspecified atom stereocenters. The minimum absolute atomic E-state index is 0.303. The quantitative estimate of drug-likeness (QED) is 0.844.